The summed E-state index contributed by atoms with van der Waals surface area (Å²) in [5.41, 5.74) is 2.85. The highest BCUT2D eigenvalue weighted by molar-refractivity contribution is 6.62. The van der Waals surface area contributed by atoms with E-state index in [4.69, 9.17) is 14.1 Å². The van der Waals surface area contributed by atoms with Crippen LogP contribution in [0, 0.1) is 18.7 Å². The number of hydrogen-bond acceptors (Lipinski definition) is 7. The SMILES string of the molecule is Cc1c(C(=O)NC(C(=O)OCc2ccc(OCCN3CCCC3)c(F)c2)C(C)C)ccc2c1B(O)OC2. The van der Waals surface area contributed by atoms with E-state index in [1.165, 1.54) is 18.9 Å². The van der Waals surface area contributed by atoms with Crippen LogP contribution in [0.2, 0.25) is 0 Å². The number of ether oxygens (including phenoxy) is 2. The van der Waals surface area contributed by atoms with Crippen molar-refractivity contribution in [2.45, 2.75) is 52.9 Å². The van der Waals surface area contributed by atoms with Crippen LogP contribution in [-0.2, 0) is 27.4 Å². The molecule has 2 aromatic carbocycles. The Bertz CT molecular complexity index is 1140. The Kier molecular flexibility index (Phi) is 8.84. The molecule has 10 heteroatoms. The Hall–Kier alpha value is -2.95. The Morgan fingerprint density at radius 1 is 1.22 bits per heavy atom. The highest BCUT2D eigenvalue weighted by Gasteiger charge is 2.32. The van der Waals surface area contributed by atoms with Gasteiger partial charge in [-0.15, -0.1) is 0 Å². The van der Waals surface area contributed by atoms with Crippen molar-refractivity contribution in [3.05, 3.63) is 58.4 Å². The van der Waals surface area contributed by atoms with Gasteiger partial charge in [0.25, 0.3) is 5.91 Å². The number of rotatable bonds is 10. The van der Waals surface area contributed by atoms with Gasteiger partial charge in [0.05, 0.1) is 6.61 Å². The van der Waals surface area contributed by atoms with Crippen molar-refractivity contribution < 1.29 is 33.1 Å². The van der Waals surface area contributed by atoms with Crippen LogP contribution >= 0.6 is 0 Å². The van der Waals surface area contributed by atoms with E-state index in [0.29, 0.717) is 28.8 Å². The van der Waals surface area contributed by atoms with Gasteiger partial charge in [0.1, 0.15) is 19.3 Å². The van der Waals surface area contributed by atoms with Gasteiger partial charge >= 0.3 is 13.1 Å². The first kappa shape index (κ1) is 27.1. The molecule has 37 heavy (non-hydrogen) atoms. The first-order valence-electron chi connectivity index (χ1n) is 12.8. The molecular weight excluding hydrogens is 478 g/mol. The first-order valence-corrected chi connectivity index (χ1v) is 12.8. The molecule has 1 unspecified atom stereocenters. The molecule has 1 amide bonds. The van der Waals surface area contributed by atoms with E-state index < -0.39 is 30.9 Å². The second-order valence-corrected chi connectivity index (χ2v) is 9.94. The van der Waals surface area contributed by atoms with E-state index in [1.54, 1.807) is 45.0 Å². The van der Waals surface area contributed by atoms with E-state index in [9.17, 15) is 19.0 Å². The highest BCUT2D eigenvalue weighted by Crippen LogP contribution is 2.20. The molecule has 0 spiro atoms. The smallest absolute Gasteiger partial charge is 0.489 e. The molecule has 2 aliphatic rings. The monoisotopic (exact) mass is 512 g/mol. The summed E-state index contributed by atoms with van der Waals surface area (Å²) >= 11 is 0. The Balaban J connectivity index is 1.32. The summed E-state index contributed by atoms with van der Waals surface area (Å²) in [4.78, 5) is 28.1. The zero-order chi connectivity index (χ0) is 26.5. The predicted octanol–water partition coefficient (Wildman–Crippen LogP) is 2.32. The molecule has 4 rings (SSSR count). The average molecular weight is 512 g/mol. The number of benzene rings is 2. The third-order valence-electron chi connectivity index (χ3n) is 6.94. The second kappa shape index (κ2) is 12.1. The maximum absolute atomic E-state index is 14.5. The summed E-state index contributed by atoms with van der Waals surface area (Å²) in [5.74, 6) is -1.65. The molecule has 198 valence electrons. The molecule has 0 aliphatic carbocycles. The van der Waals surface area contributed by atoms with Crippen LogP contribution in [0.5, 0.6) is 5.75 Å². The molecule has 0 saturated carbocycles. The fraction of sp³-hybridized carbons (Fsp3) is 0.481. The number of nitrogens with one attached hydrogen (secondary N) is 1. The Morgan fingerprint density at radius 3 is 2.68 bits per heavy atom. The zero-order valence-electron chi connectivity index (χ0n) is 21.6. The molecule has 2 aromatic rings. The van der Waals surface area contributed by atoms with Crippen LogP contribution in [0.15, 0.2) is 30.3 Å². The minimum atomic E-state index is -1.07. The summed E-state index contributed by atoms with van der Waals surface area (Å²) in [6.45, 7) is 8.77. The lowest BCUT2D eigenvalue weighted by atomic mass is 9.75. The van der Waals surface area contributed by atoms with E-state index >= 15 is 0 Å². The molecule has 2 N–H and O–H groups in total. The van der Waals surface area contributed by atoms with Crippen LogP contribution in [0.3, 0.4) is 0 Å². The van der Waals surface area contributed by atoms with Gasteiger partial charge in [0.15, 0.2) is 11.6 Å². The summed E-state index contributed by atoms with van der Waals surface area (Å²) in [5, 5.41) is 12.8. The number of likely N-dealkylation sites (tertiary alicyclic amines) is 1. The summed E-state index contributed by atoms with van der Waals surface area (Å²) in [6, 6.07) is 6.99. The fourth-order valence-corrected chi connectivity index (χ4v) is 4.76. The molecule has 1 saturated heterocycles. The number of amides is 1. The quantitative estimate of drug-likeness (QED) is 0.373. The van der Waals surface area contributed by atoms with Gasteiger partial charge < -0.3 is 24.5 Å². The summed E-state index contributed by atoms with van der Waals surface area (Å²) in [6.07, 6.45) is 2.38. The van der Waals surface area contributed by atoms with Gasteiger partial charge in [-0.2, -0.15) is 0 Å². The second-order valence-electron chi connectivity index (χ2n) is 9.94. The average Bonchev–Trinajstić information content (AvgIpc) is 3.52. The van der Waals surface area contributed by atoms with Gasteiger partial charge in [-0.1, -0.05) is 26.0 Å². The summed E-state index contributed by atoms with van der Waals surface area (Å²) < 4.78 is 30.8. The standard InChI is InChI=1S/C27H34BFN2O6/c1-17(2)25(30-26(32)21-8-7-20-16-37-28(34)24(20)18(21)3)27(33)36-15-19-6-9-23(22(29)14-19)35-13-12-31-10-4-5-11-31/h6-9,14,17,25,34H,4-5,10-13,15-16H2,1-3H3,(H,30,32). The molecular formula is C27H34BFN2O6. The number of esters is 1. The molecule has 8 nitrogen and oxygen atoms in total. The summed E-state index contributed by atoms with van der Waals surface area (Å²) in [7, 11) is -1.07. The molecule has 0 aromatic heterocycles. The number of carbonyl (C=O) groups excluding carboxylic acids is 2. The van der Waals surface area contributed by atoms with Crippen molar-refractivity contribution >= 4 is 24.5 Å². The molecule has 1 atom stereocenters. The lowest BCUT2D eigenvalue weighted by molar-refractivity contribution is -0.148. The largest absolute Gasteiger partial charge is 0.492 e. The number of halogens is 1. The van der Waals surface area contributed by atoms with Crippen LogP contribution in [-0.4, -0.2) is 61.2 Å². The van der Waals surface area contributed by atoms with Crippen molar-refractivity contribution in [1.82, 2.24) is 10.2 Å². The van der Waals surface area contributed by atoms with Crippen LogP contribution in [0.1, 0.15) is 53.7 Å². The third kappa shape index (κ3) is 6.50. The van der Waals surface area contributed by atoms with Crippen molar-refractivity contribution in [2.24, 2.45) is 5.92 Å². The van der Waals surface area contributed by atoms with Crippen molar-refractivity contribution in [3.8, 4) is 5.75 Å². The normalized spacial score (nSPS) is 16.1. The molecule has 0 radical (unpaired) electrons. The maximum atomic E-state index is 14.5. The minimum absolute atomic E-state index is 0.135. The number of nitrogens with zero attached hydrogens (tertiary/aromatic N) is 1. The maximum Gasteiger partial charge on any atom is 0.492 e. The van der Waals surface area contributed by atoms with E-state index in [2.05, 4.69) is 10.2 Å². The Labute approximate surface area is 217 Å². The lowest BCUT2D eigenvalue weighted by Gasteiger charge is -2.22. The van der Waals surface area contributed by atoms with Gasteiger partial charge in [0, 0.05) is 12.1 Å². The molecule has 2 heterocycles. The zero-order valence-corrected chi connectivity index (χ0v) is 21.6. The lowest BCUT2D eigenvalue weighted by Crippen LogP contribution is -2.46. The highest BCUT2D eigenvalue weighted by atomic mass is 19.1. The first-order chi connectivity index (χ1) is 17.7. The molecule has 0 bridgehead atoms. The van der Waals surface area contributed by atoms with Crippen molar-refractivity contribution in [3.63, 3.8) is 0 Å². The van der Waals surface area contributed by atoms with Crippen LogP contribution in [0.4, 0.5) is 4.39 Å². The van der Waals surface area contributed by atoms with Gasteiger partial charge in [-0.05, 0) is 79.1 Å². The van der Waals surface area contributed by atoms with Crippen LogP contribution in [0.25, 0.3) is 0 Å². The van der Waals surface area contributed by atoms with Gasteiger partial charge in [-0.3, -0.25) is 9.69 Å². The number of fused-ring (bicyclic) bond motifs is 1. The number of hydrogen-bond donors (Lipinski definition) is 2. The Morgan fingerprint density at radius 2 is 1.97 bits per heavy atom. The van der Waals surface area contributed by atoms with E-state index in [1.807, 2.05) is 0 Å². The number of carbonyl (C=O) groups is 2. The fourth-order valence-electron chi connectivity index (χ4n) is 4.76. The predicted molar refractivity (Wildman–Crippen MR) is 137 cm³/mol. The van der Waals surface area contributed by atoms with Crippen LogP contribution < -0.4 is 15.5 Å². The molecule has 1 fully saturated rings. The van der Waals surface area contributed by atoms with Crippen molar-refractivity contribution in [2.75, 3.05) is 26.2 Å². The van der Waals surface area contributed by atoms with Gasteiger partial charge in [0.2, 0.25) is 0 Å². The topological polar surface area (TPSA) is 97.3 Å². The minimum Gasteiger partial charge on any atom is -0.489 e. The van der Waals surface area contributed by atoms with E-state index in [-0.39, 0.29) is 24.9 Å². The van der Waals surface area contributed by atoms with Crippen molar-refractivity contribution in [1.29, 1.82) is 0 Å². The van der Waals surface area contributed by atoms with Gasteiger partial charge in [-0.25, -0.2) is 9.18 Å². The third-order valence-corrected chi connectivity index (χ3v) is 6.94. The van der Waals surface area contributed by atoms with E-state index in [0.717, 1.165) is 25.2 Å². The molecule has 2 aliphatic heterocycles.